The number of hydrazone groups is 1. The van der Waals surface area contributed by atoms with E-state index in [0.29, 0.717) is 23.6 Å². The smallest absolute Gasteiger partial charge is 0.298 e. The highest BCUT2D eigenvalue weighted by atomic mass is 19.1. The number of rotatable bonds is 5. The Morgan fingerprint density at radius 1 is 1.03 bits per heavy atom. The number of hydrogen-bond donors (Lipinski definition) is 1. The van der Waals surface area contributed by atoms with Gasteiger partial charge < -0.3 is 0 Å². The van der Waals surface area contributed by atoms with Crippen LogP contribution in [0, 0.1) is 5.82 Å². The van der Waals surface area contributed by atoms with Crippen LogP contribution in [0.3, 0.4) is 0 Å². The predicted molar refractivity (Wildman–Crippen MR) is 113 cm³/mol. The minimum absolute atomic E-state index is 0.263. The maximum atomic E-state index is 13.1. The van der Waals surface area contributed by atoms with Gasteiger partial charge >= 0.3 is 5.69 Å². The van der Waals surface area contributed by atoms with Crippen LogP contribution in [0.25, 0.3) is 11.2 Å². The molecule has 0 aliphatic rings. The molecule has 0 bridgehead atoms. The van der Waals surface area contributed by atoms with Crippen LogP contribution < -0.4 is 16.7 Å². The van der Waals surface area contributed by atoms with Crippen LogP contribution in [0.1, 0.15) is 11.1 Å². The summed E-state index contributed by atoms with van der Waals surface area (Å²) in [6, 6.07) is 15.4. The van der Waals surface area contributed by atoms with Crippen molar-refractivity contribution in [3.05, 3.63) is 92.4 Å². The van der Waals surface area contributed by atoms with Crippen LogP contribution in [0.2, 0.25) is 0 Å². The highest BCUT2D eigenvalue weighted by molar-refractivity contribution is 5.80. The van der Waals surface area contributed by atoms with Crippen LogP contribution in [0.4, 0.5) is 10.3 Å². The molecule has 0 fully saturated rings. The molecular weight excluding hydrogens is 387 g/mol. The van der Waals surface area contributed by atoms with Gasteiger partial charge in [-0.3, -0.25) is 18.5 Å². The fourth-order valence-electron chi connectivity index (χ4n) is 3.17. The maximum absolute atomic E-state index is 13.1. The van der Waals surface area contributed by atoms with E-state index in [2.05, 4.69) is 15.5 Å². The summed E-state index contributed by atoms with van der Waals surface area (Å²) in [5.41, 5.74) is 4.15. The summed E-state index contributed by atoms with van der Waals surface area (Å²) in [7, 11) is 3.00. The highest BCUT2D eigenvalue weighted by Gasteiger charge is 2.19. The number of halogens is 1. The van der Waals surface area contributed by atoms with E-state index >= 15 is 0 Å². The maximum Gasteiger partial charge on any atom is 0.332 e. The van der Waals surface area contributed by atoms with Gasteiger partial charge in [-0.05, 0) is 23.3 Å². The van der Waals surface area contributed by atoms with Gasteiger partial charge in [-0.15, -0.1) is 0 Å². The normalized spacial score (nSPS) is 11.4. The van der Waals surface area contributed by atoms with E-state index < -0.39 is 11.2 Å². The zero-order chi connectivity index (χ0) is 21.3. The summed E-state index contributed by atoms with van der Waals surface area (Å²) >= 11 is 0. The third-order valence-electron chi connectivity index (χ3n) is 4.78. The minimum Gasteiger partial charge on any atom is -0.298 e. The molecule has 4 rings (SSSR count). The first kappa shape index (κ1) is 19.3. The predicted octanol–water partition coefficient (Wildman–Crippen LogP) is 2.07. The molecule has 1 N–H and O–H groups in total. The Morgan fingerprint density at radius 3 is 2.43 bits per heavy atom. The SMILES string of the molecule is Cn1c(=O)c2c(nc(N/N=C/c3ccc(F)cc3)n2Cc2ccccc2)n(C)c1=O. The first-order valence-electron chi connectivity index (χ1n) is 9.20. The first-order valence-corrected chi connectivity index (χ1v) is 9.20. The molecule has 2 heterocycles. The fraction of sp³-hybridized carbons (Fsp3) is 0.143. The lowest BCUT2D eigenvalue weighted by Crippen LogP contribution is -2.37. The number of nitrogens with one attached hydrogen (secondary N) is 1. The summed E-state index contributed by atoms with van der Waals surface area (Å²) in [5.74, 6) is -0.0213. The van der Waals surface area contributed by atoms with Gasteiger partial charge in [0.15, 0.2) is 11.2 Å². The van der Waals surface area contributed by atoms with Crippen molar-refractivity contribution < 1.29 is 4.39 Å². The van der Waals surface area contributed by atoms with E-state index in [4.69, 9.17) is 0 Å². The van der Waals surface area contributed by atoms with Crippen LogP contribution in [0.15, 0.2) is 69.3 Å². The third-order valence-corrected chi connectivity index (χ3v) is 4.78. The van der Waals surface area contributed by atoms with E-state index in [9.17, 15) is 14.0 Å². The second kappa shape index (κ2) is 7.78. The average molecular weight is 406 g/mol. The van der Waals surface area contributed by atoms with Gasteiger partial charge in [0, 0.05) is 14.1 Å². The Bertz CT molecular complexity index is 1350. The molecule has 0 radical (unpaired) electrons. The molecule has 0 unspecified atom stereocenters. The number of benzene rings is 2. The van der Waals surface area contributed by atoms with Gasteiger partial charge in [0.25, 0.3) is 5.56 Å². The van der Waals surface area contributed by atoms with E-state index in [1.165, 1.54) is 30.0 Å². The third kappa shape index (κ3) is 3.52. The molecular formula is C21H19FN6O2. The number of aromatic nitrogens is 4. The van der Waals surface area contributed by atoms with Crippen molar-refractivity contribution in [2.75, 3.05) is 5.43 Å². The van der Waals surface area contributed by atoms with E-state index in [0.717, 1.165) is 10.1 Å². The molecule has 30 heavy (non-hydrogen) atoms. The van der Waals surface area contributed by atoms with Crippen molar-refractivity contribution in [3.63, 3.8) is 0 Å². The number of hydrogen-bond acceptors (Lipinski definition) is 5. The Labute approximate surface area is 170 Å². The van der Waals surface area contributed by atoms with E-state index in [1.54, 1.807) is 23.7 Å². The molecule has 4 aromatic rings. The summed E-state index contributed by atoms with van der Waals surface area (Å²) in [6.07, 6.45) is 1.52. The molecule has 0 saturated heterocycles. The Balaban J connectivity index is 1.81. The Morgan fingerprint density at radius 2 is 1.73 bits per heavy atom. The second-order valence-electron chi connectivity index (χ2n) is 6.81. The topological polar surface area (TPSA) is 86.2 Å². The van der Waals surface area contributed by atoms with Crippen molar-refractivity contribution >= 4 is 23.3 Å². The molecule has 0 saturated carbocycles. The van der Waals surface area contributed by atoms with E-state index in [-0.39, 0.29) is 11.5 Å². The van der Waals surface area contributed by atoms with Crippen LogP contribution in [-0.2, 0) is 20.6 Å². The van der Waals surface area contributed by atoms with Gasteiger partial charge in [0.1, 0.15) is 5.82 Å². The fourth-order valence-corrected chi connectivity index (χ4v) is 3.17. The molecule has 152 valence electrons. The number of fused-ring (bicyclic) bond motifs is 1. The lowest BCUT2D eigenvalue weighted by atomic mass is 10.2. The van der Waals surface area contributed by atoms with Crippen LogP contribution in [-0.4, -0.2) is 24.9 Å². The molecule has 9 heteroatoms. The zero-order valence-corrected chi connectivity index (χ0v) is 16.4. The van der Waals surface area contributed by atoms with Gasteiger partial charge in [0.05, 0.1) is 12.8 Å². The van der Waals surface area contributed by atoms with Crippen molar-refractivity contribution in [3.8, 4) is 0 Å². The molecule has 8 nitrogen and oxygen atoms in total. The molecule has 2 aromatic heterocycles. The van der Waals surface area contributed by atoms with Gasteiger partial charge in [-0.1, -0.05) is 42.5 Å². The van der Waals surface area contributed by atoms with Crippen LogP contribution >= 0.6 is 0 Å². The van der Waals surface area contributed by atoms with Crippen molar-refractivity contribution in [2.24, 2.45) is 19.2 Å². The van der Waals surface area contributed by atoms with Crippen LogP contribution in [0.5, 0.6) is 0 Å². The van der Waals surface area contributed by atoms with Crippen molar-refractivity contribution in [2.45, 2.75) is 6.54 Å². The lowest BCUT2D eigenvalue weighted by Gasteiger charge is -2.09. The average Bonchev–Trinajstić information content (AvgIpc) is 3.11. The van der Waals surface area contributed by atoms with Crippen molar-refractivity contribution in [1.82, 2.24) is 18.7 Å². The summed E-state index contributed by atoms with van der Waals surface area (Å²) in [4.78, 5) is 29.6. The van der Waals surface area contributed by atoms with Crippen molar-refractivity contribution in [1.29, 1.82) is 0 Å². The Kier molecular flexibility index (Phi) is 5.01. The molecule has 0 amide bonds. The standard InChI is InChI=1S/C21H19FN6O2/c1-26-18-17(19(29)27(2)21(26)30)28(13-15-6-4-3-5-7-15)20(24-18)25-23-12-14-8-10-16(22)11-9-14/h3-12H,13H2,1-2H3,(H,24,25)/b23-12+. The van der Waals surface area contributed by atoms with Gasteiger partial charge in [-0.25, -0.2) is 14.6 Å². The molecule has 0 aliphatic heterocycles. The summed E-state index contributed by atoms with van der Waals surface area (Å²) in [5, 5.41) is 4.17. The highest BCUT2D eigenvalue weighted by Crippen LogP contribution is 2.18. The number of imidazole rings is 1. The largest absolute Gasteiger partial charge is 0.332 e. The molecule has 2 aromatic carbocycles. The number of anilines is 1. The molecule has 0 spiro atoms. The first-order chi connectivity index (χ1) is 14.5. The molecule has 0 atom stereocenters. The summed E-state index contributed by atoms with van der Waals surface area (Å²) < 4.78 is 17.1. The summed E-state index contributed by atoms with van der Waals surface area (Å²) in [6.45, 7) is 0.360. The quantitative estimate of drug-likeness (QED) is 0.406. The monoisotopic (exact) mass is 406 g/mol. The number of nitrogens with zero attached hydrogens (tertiary/aromatic N) is 5. The Hall–Kier alpha value is -4.01. The molecule has 0 aliphatic carbocycles. The minimum atomic E-state index is -0.460. The second-order valence-corrected chi connectivity index (χ2v) is 6.81. The zero-order valence-electron chi connectivity index (χ0n) is 16.4. The van der Waals surface area contributed by atoms with Gasteiger partial charge in [0.2, 0.25) is 5.95 Å². The van der Waals surface area contributed by atoms with E-state index in [1.807, 2.05) is 30.3 Å². The van der Waals surface area contributed by atoms with Gasteiger partial charge in [-0.2, -0.15) is 10.1 Å². The lowest BCUT2D eigenvalue weighted by molar-refractivity contribution is 0.628. The number of aryl methyl sites for hydroxylation is 1.